The van der Waals surface area contributed by atoms with Crippen molar-refractivity contribution in [3.05, 3.63) is 46.7 Å². The smallest absolute Gasteiger partial charge is 0.273 e. The van der Waals surface area contributed by atoms with Crippen LogP contribution in [0.15, 0.2) is 30.5 Å². The average molecular weight is 292 g/mol. The molecule has 0 unspecified atom stereocenters. The third-order valence-corrected chi connectivity index (χ3v) is 3.89. The molecule has 0 saturated heterocycles. The molecule has 0 spiro atoms. The summed E-state index contributed by atoms with van der Waals surface area (Å²) < 4.78 is 1.06. The lowest BCUT2D eigenvalue weighted by molar-refractivity contribution is 0.102. The normalized spacial score (nSPS) is 10.8. The maximum absolute atomic E-state index is 12.0. The van der Waals surface area contributed by atoms with Crippen LogP contribution in [0.1, 0.15) is 16.1 Å². The number of hydrogen-bond acceptors (Lipinski definition) is 3. The lowest BCUT2D eigenvalue weighted by atomic mass is 10.2. The van der Waals surface area contributed by atoms with E-state index in [0.717, 1.165) is 15.8 Å². The van der Waals surface area contributed by atoms with Crippen molar-refractivity contribution < 1.29 is 4.79 Å². The van der Waals surface area contributed by atoms with Crippen LogP contribution in [-0.4, -0.2) is 15.9 Å². The van der Waals surface area contributed by atoms with Gasteiger partial charge < -0.3 is 4.98 Å². The second-order valence-electron chi connectivity index (χ2n) is 4.13. The summed E-state index contributed by atoms with van der Waals surface area (Å²) in [5.41, 5.74) is 2.44. The van der Waals surface area contributed by atoms with Crippen molar-refractivity contribution >= 4 is 44.2 Å². The van der Waals surface area contributed by atoms with Gasteiger partial charge in [-0.1, -0.05) is 35.1 Å². The molecule has 4 nitrogen and oxygen atoms in total. The van der Waals surface area contributed by atoms with Gasteiger partial charge in [0.25, 0.3) is 5.91 Å². The first kappa shape index (κ1) is 12.2. The summed E-state index contributed by atoms with van der Waals surface area (Å²) in [7, 11) is 0. The number of para-hydroxylation sites is 1. The lowest BCUT2D eigenvalue weighted by Gasteiger charge is -1.97. The van der Waals surface area contributed by atoms with Crippen molar-refractivity contribution in [2.75, 3.05) is 5.32 Å². The number of benzene rings is 1. The van der Waals surface area contributed by atoms with Crippen molar-refractivity contribution in [1.29, 1.82) is 0 Å². The summed E-state index contributed by atoms with van der Waals surface area (Å²) in [6, 6.07) is 7.54. The number of nitrogens with one attached hydrogen (secondary N) is 2. The molecule has 3 aromatic rings. The van der Waals surface area contributed by atoms with Crippen LogP contribution in [0, 0.1) is 6.92 Å². The van der Waals surface area contributed by atoms with Gasteiger partial charge >= 0.3 is 0 Å². The number of carbonyl (C=O) groups is 1. The van der Waals surface area contributed by atoms with Gasteiger partial charge in [0.05, 0.1) is 15.2 Å². The Morgan fingerprint density at radius 3 is 3.00 bits per heavy atom. The molecule has 1 aromatic carbocycles. The van der Waals surface area contributed by atoms with E-state index >= 15 is 0 Å². The quantitative estimate of drug-likeness (QED) is 0.754. The molecule has 2 heterocycles. The van der Waals surface area contributed by atoms with Gasteiger partial charge in [0.15, 0.2) is 5.13 Å². The number of anilines is 1. The number of thiazole rings is 1. The van der Waals surface area contributed by atoms with Gasteiger partial charge in [0.1, 0.15) is 5.69 Å². The van der Waals surface area contributed by atoms with E-state index in [4.69, 9.17) is 11.6 Å². The van der Waals surface area contributed by atoms with Crippen LogP contribution < -0.4 is 5.32 Å². The third-order valence-electron chi connectivity index (χ3n) is 2.73. The summed E-state index contributed by atoms with van der Waals surface area (Å²) in [4.78, 5) is 19.2. The molecule has 0 atom stereocenters. The number of aromatic amines is 1. The zero-order chi connectivity index (χ0) is 13.4. The maximum atomic E-state index is 12.0. The highest BCUT2D eigenvalue weighted by Crippen LogP contribution is 2.28. The Morgan fingerprint density at radius 1 is 1.47 bits per heavy atom. The number of amides is 1. The average Bonchev–Trinajstić information content (AvgIpc) is 2.96. The zero-order valence-electron chi connectivity index (χ0n) is 10.0. The van der Waals surface area contributed by atoms with E-state index in [9.17, 15) is 4.79 Å². The fourth-order valence-electron chi connectivity index (χ4n) is 1.80. The molecule has 0 aliphatic rings. The van der Waals surface area contributed by atoms with Crippen molar-refractivity contribution in [2.45, 2.75) is 6.92 Å². The predicted molar refractivity (Wildman–Crippen MR) is 78.1 cm³/mol. The molecule has 0 saturated carbocycles. The highest BCUT2D eigenvalue weighted by atomic mass is 35.5. The molecular weight excluding hydrogens is 282 g/mol. The first-order valence-corrected chi connectivity index (χ1v) is 6.84. The number of halogens is 1. The molecule has 2 aromatic heterocycles. The molecule has 0 fully saturated rings. The predicted octanol–water partition coefficient (Wildman–Crippen LogP) is 3.84. The second kappa shape index (κ2) is 4.68. The number of rotatable bonds is 2. The van der Waals surface area contributed by atoms with Crippen LogP contribution in [0.3, 0.4) is 0 Å². The molecule has 0 bridgehead atoms. The van der Waals surface area contributed by atoms with E-state index in [0.29, 0.717) is 15.8 Å². The molecule has 0 aliphatic carbocycles. The SMILES string of the molecule is Cc1cccc2sc(NC(=O)c3cc(Cl)c[nH]3)nc12. The Balaban J connectivity index is 1.89. The van der Waals surface area contributed by atoms with E-state index < -0.39 is 0 Å². The van der Waals surface area contributed by atoms with Crippen molar-refractivity contribution in [3.8, 4) is 0 Å². The van der Waals surface area contributed by atoms with Crippen LogP contribution in [0.2, 0.25) is 5.02 Å². The topological polar surface area (TPSA) is 57.8 Å². The Bertz CT molecular complexity index is 762. The molecule has 0 radical (unpaired) electrons. The van der Waals surface area contributed by atoms with Gasteiger partial charge in [-0.2, -0.15) is 0 Å². The highest BCUT2D eigenvalue weighted by molar-refractivity contribution is 7.22. The number of aromatic nitrogens is 2. The van der Waals surface area contributed by atoms with Gasteiger partial charge in [-0.25, -0.2) is 4.98 Å². The van der Waals surface area contributed by atoms with Crippen LogP contribution in [-0.2, 0) is 0 Å². The monoisotopic (exact) mass is 291 g/mol. The van der Waals surface area contributed by atoms with E-state index in [1.165, 1.54) is 11.3 Å². The number of nitrogens with zero attached hydrogens (tertiary/aromatic N) is 1. The van der Waals surface area contributed by atoms with E-state index in [1.807, 2.05) is 25.1 Å². The number of H-pyrrole nitrogens is 1. The van der Waals surface area contributed by atoms with Crippen LogP contribution in [0.25, 0.3) is 10.2 Å². The first-order chi connectivity index (χ1) is 9.13. The Labute approximate surface area is 118 Å². The maximum Gasteiger partial charge on any atom is 0.273 e. The van der Waals surface area contributed by atoms with E-state index in [2.05, 4.69) is 15.3 Å². The van der Waals surface area contributed by atoms with Gasteiger partial charge in [-0.05, 0) is 24.6 Å². The van der Waals surface area contributed by atoms with Gasteiger partial charge in [0.2, 0.25) is 0 Å². The first-order valence-electron chi connectivity index (χ1n) is 5.65. The van der Waals surface area contributed by atoms with Gasteiger partial charge in [-0.15, -0.1) is 0 Å². The minimum atomic E-state index is -0.247. The largest absolute Gasteiger partial charge is 0.356 e. The van der Waals surface area contributed by atoms with Crippen molar-refractivity contribution in [2.24, 2.45) is 0 Å². The van der Waals surface area contributed by atoms with Gasteiger partial charge in [0, 0.05) is 6.20 Å². The summed E-state index contributed by atoms with van der Waals surface area (Å²) in [5.74, 6) is -0.247. The number of carbonyl (C=O) groups excluding carboxylic acids is 1. The summed E-state index contributed by atoms with van der Waals surface area (Å²) in [6.07, 6.45) is 1.57. The minimum Gasteiger partial charge on any atom is -0.356 e. The molecule has 1 amide bonds. The van der Waals surface area contributed by atoms with Crippen molar-refractivity contribution in [3.63, 3.8) is 0 Å². The van der Waals surface area contributed by atoms with Crippen molar-refractivity contribution in [1.82, 2.24) is 9.97 Å². The highest BCUT2D eigenvalue weighted by Gasteiger charge is 2.12. The van der Waals surface area contributed by atoms with Gasteiger partial charge in [-0.3, -0.25) is 10.1 Å². The molecule has 19 heavy (non-hydrogen) atoms. The molecular formula is C13H10ClN3OS. The van der Waals surface area contributed by atoms with Crippen LogP contribution in [0.4, 0.5) is 5.13 Å². The Hall–Kier alpha value is -1.85. The van der Waals surface area contributed by atoms with E-state index in [-0.39, 0.29) is 5.91 Å². The Morgan fingerprint density at radius 2 is 2.32 bits per heavy atom. The Kier molecular flexibility index (Phi) is 3.00. The van der Waals surface area contributed by atoms with E-state index in [1.54, 1.807) is 12.3 Å². The summed E-state index contributed by atoms with van der Waals surface area (Å²) in [5, 5.41) is 3.86. The lowest BCUT2D eigenvalue weighted by Crippen LogP contribution is -2.11. The standard InChI is InChI=1S/C13H10ClN3OS/c1-7-3-2-4-10-11(7)16-13(19-10)17-12(18)9-5-8(14)6-15-9/h2-6,15H,1H3,(H,16,17,18). The second-order valence-corrected chi connectivity index (χ2v) is 5.59. The minimum absolute atomic E-state index is 0.247. The zero-order valence-corrected chi connectivity index (χ0v) is 11.6. The molecule has 3 rings (SSSR count). The molecule has 0 aliphatic heterocycles. The fourth-order valence-corrected chi connectivity index (χ4v) is 2.91. The molecule has 6 heteroatoms. The molecule has 96 valence electrons. The summed E-state index contributed by atoms with van der Waals surface area (Å²) in [6.45, 7) is 2.00. The number of fused-ring (bicyclic) bond motifs is 1. The third kappa shape index (κ3) is 2.34. The van der Waals surface area contributed by atoms with Crippen LogP contribution >= 0.6 is 22.9 Å². The summed E-state index contributed by atoms with van der Waals surface area (Å²) >= 11 is 7.22. The molecule has 2 N–H and O–H groups in total. The number of aryl methyl sites for hydroxylation is 1. The number of hydrogen-bond donors (Lipinski definition) is 2. The fraction of sp³-hybridized carbons (Fsp3) is 0.0769. The van der Waals surface area contributed by atoms with Crippen LogP contribution in [0.5, 0.6) is 0 Å².